The highest BCUT2D eigenvalue weighted by Gasteiger charge is 2.34. The van der Waals surface area contributed by atoms with E-state index in [9.17, 15) is 9.59 Å². The molecule has 2 aliphatic rings. The molecule has 0 unspecified atom stereocenters. The molecule has 2 fully saturated rings. The van der Waals surface area contributed by atoms with Crippen LogP contribution in [0.2, 0.25) is 0 Å². The maximum atomic E-state index is 11.9. The standard InChI is InChI=1S/C19H31N5O3/c1-4-7-23-11-16(8-17(23)12-27-13-18(25)22(2)3)24-10-15(9-20-24)21-19(26)14-5-6-14/h9-10,14,16-17H,4-8,11-13H2,1-3H3,(H,21,26)/t16-,17-/m0/s1. The molecule has 0 spiro atoms. The number of carbonyl (C=O) groups is 2. The quantitative estimate of drug-likeness (QED) is 0.703. The molecule has 2 heterocycles. The number of rotatable bonds is 9. The van der Waals surface area contributed by atoms with E-state index in [4.69, 9.17) is 4.74 Å². The van der Waals surface area contributed by atoms with Gasteiger partial charge in [0.05, 0.1) is 24.5 Å². The molecule has 150 valence electrons. The number of likely N-dealkylation sites (tertiary alicyclic amines) is 1. The molecule has 27 heavy (non-hydrogen) atoms. The third-order valence-corrected chi connectivity index (χ3v) is 5.24. The fourth-order valence-corrected chi connectivity index (χ4v) is 3.49. The number of hydrogen-bond acceptors (Lipinski definition) is 5. The summed E-state index contributed by atoms with van der Waals surface area (Å²) in [5, 5.41) is 7.42. The zero-order valence-electron chi connectivity index (χ0n) is 16.6. The molecule has 3 rings (SSSR count). The topological polar surface area (TPSA) is 79.7 Å². The van der Waals surface area contributed by atoms with E-state index in [0.717, 1.165) is 44.5 Å². The largest absolute Gasteiger partial charge is 0.370 e. The average molecular weight is 377 g/mol. The Hall–Kier alpha value is -1.93. The zero-order valence-corrected chi connectivity index (χ0v) is 16.6. The number of likely N-dealkylation sites (N-methyl/N-ethyl adjacent to an activating group) is 1. The number of nitrogens with one attached hydrogen (secondary N) is 1. The molecule has 8 heteroatoms. The number of carbonyl (C=O) groups excluding carboxylic acids is 2. The molecule has 1 N–H and O–H groups in total. The Morgan fingerprint density at radius 3 is 2.81 bits per heavy atom. The fraction of sp³-hybridized carbons (Fsp3) is 0.737. The second kappa shape index (κ2) is 8.84. The lowest BCUT2D eigenvalue weighted by molar-refractivity contribution is -0.134. The molecular weight excluding hydrogens is 346 g/mol. The maximum Gasteiger partial charge on any atom is 0.248 e. The molecule has 1 saturated carbocycles. The van der Waals surface area contributed by atoms with Gasteiger partial charge in [0, 0.05) is 38.8 Å². The predicted octanol–water partition coefficient (Wildman–Crippen LogP) is 1.36. The minimum absolute atomic E-state index is 0.0188. The zero-order chi connectivity index (χ0) is 19.4. The summed E-state index contributed by atoms with van der Waals surface area (Å²) in [5.41, 5.74) is 0.769. The van der Waals surface area contributed by atoms with Gasteiger partial charge >= 0.3 is 0 Å². The molecule has 1 aromatic rings. The van der Waals surface area contributed by atoms with Crippen LogP contribution in [0.5, 0.6) is 0 Å². The minimum atomic E-state index is -0.0188. The van der Waals surface area contributed by atoms with Crippen molar-refractivity contribution in [1.82, 2.24) is 19.6 Å². The van der Waals surface area contributed by atoms with Crippen LogP contribution < -0.4 is 5.32 Å². The molecule has 1 aromatic heterocycles. The van der Waals surface area contributed by atoms with Gasteiger partial charge in [0.2, 0.25) is 11.8 Å². The molecular formula is C19H31N5O3. The number of aromatic nitrogens is 2. The molecule has 1 aliphatic carbocycles. The van der Waals surface area contributed by atoms with Crippen LogP contribution in [0.25, 0.3) is 0 Å². The Labute approximate surface area is 160 Å². The Morgan fingerprint density at radius 2 is 2.15 bits per heavy atom. The van der Waals surface area contributed by atoms with Crippen LogP contribution in [0.4, 0.5) is 5.69 Å². The summed E-state index contributed by atoms with van der Waals surface area (Å²) in [7, 11) is 3.47. The Bertz CT molecular complexity index is 656. The van der Waals surface area contributed by atoms with Crippen molar-refractivity contribution >= 4 is 17.5 Å². The van der Waals surface area contributed by atoms with Crippen molar-refractivity contribution in [3.05, 3.63) is 12.4 Å². The minimum Gasteiger partial charge on any atom is -0.370 e. The van der Waals surface area contributed by atoms with Crippen molar-refractivity contribution in [2.24, 2.45) is 5.92 Å². The SMILES string of the molecule is CCCN1C[C@@H](n2cc(NC(=O)C3CC3)cn2)C[C@H]1COCC(=O)N(C)C. The normalized spacial score (nSPS) is 22.8. The van der Waals surface area contributed by atoms with Gasteiger partial charge in [-0.15, -0.1) is 0 Å². The molecule has 0 radical (unpaired) electrons. The van der Waals surface area contributed by atoms with Crippen LogP contribution in [0.1, 0.15) is 38.6 Å². The van der Waals surface area contributed by atoms with Crippen LogP contribution in [0.3, 0.4) is 0 Å². The summed E-state index contributed by atoms with van der Waals surface area (Å²) >= 11 is 0. The van der Waals surface area contributed by atoms with Gasteiger partial charge < -0.3 is 15.0 Å². The van der Waals surface area contributed by atoms with E-state index in [1.807, 2.05) is 10.9 Å². The molecule has 8 nitrogen and oxygen atoms in total. The first-order chi connectivity index (χ1) is 13.0. The summed E-state index contributed by atoms with van der Waals surface area (Å²) in [6, 6.07) is 0.528. The smallest absolute Gasteiger partial charge is 0.248 e. The van der Waals surface area contributed by atoms with Crippen molar-refractivity contribution in [2.45, 2.75) is 44.7 Å². The van der Waals surface area contributed by atoms with Crippen LogP contribution in [0.15, 0.2) is 12.4 Å². The summed E-state index contributed by atoms with van der Waals surface area (Å²) in [4.78, 5) is 27.6. The Morgan fingerprint density at radius 1 is 1.37 bits per heavy atom. The van der Waals surface area contributed by atoms with Crippen LogP contribution in [-0.2, 0) is 14.3 Å². The van der Waals surface area contributed by atoms with E-state index in [1.54, 1.807) is 25.2 Å². The lowest BCUT2D eigenvalue weighted by Crippen LogP contribution is -2.35. The number of ether oxygens (including phenoxy) is 1. The van der Waals surface area contributed by atoms with Gasteiger partial charge in [-0.05, 0) is 32.2 Å². The number of hydrogen-bond donors (Lipinski definition) is 1. The van der Waals surface area contributed by atoms with Crippen molar-refractivity contribution in [1.29, 1.82) is 0 Å². The lowest BCUT2D eigenvalue weighted by atomic mass is 10.2. The highest BCUT2D eigenvalue weighted by molar-refractivity contribution is 5.93. The van der Waals surface area contributed by atoms with E-state index in [2.05, 4.69) is 22.2 Å². The van der Waals surface area contributed by atoms with Gasteiger partial charge in [-0.2, -0.15) is 5.10 Å². The van der Waals surface area contributed by atoms with E-state index in [0.29, 0.717) is 6.61 Å². The summed E-state index contributed by atoms with van der Waals surface area (Å²) in [5.74, 6) is 0.270. The summed E-state index contributed by atoms with van der Waals surface area (Å²) < 4.78 is 7.63. The van der Waals surface area contributed by atoms with E-state index in [1.165, 1.54) is 0 Å². The third kappa shape index (κ3) is 5.29. The highest BCUT2D eigenvalue weighted by atomic mass is 16.5. The number of amides is 2. The monoisotopic (exact) mass is 377 g/mol. The number of anilines is 1. The van der Waals surface area contributed by atoms with Crippen molar-refractivity contribution in [2.75, 3.05) is 45.7 Å². The van der Waals surface area contributed by atoms with E-state index < -0.39 is 0 Å². The lowest BCUT2D eigenvalue weighted by Gasteiger charge is -2.23. The second-order valence-electron chi connectivity index (χ2n) is 7.81. The van der Waals surface area contributed by atoms with Gasteiger partial charge in [0.25, 0.3) is 0 Å². The molecule has 0 bridgehead atoms. The van der Waals surface area contributed by atoms with Gasteiger partial charge in [0.15, 0.2) is 0 Å². The van der Waals surface area contributed by atoms with Crippen LogP contribution in [0, 0.1) is 5.92 Å². The van der Waals surface area contributed by atoms with Gasteiger partial charge in [-0.3, -0.25) is 19.2 Å². The van der Waals surface area contributed by atoms with Crippen molar-refractivity contribution in [3.63, 3.8) is 0 Å². The third-order valence-electron chi connectivity index (χ3n) is 5.24. The Balaban J connectivity index is 1.54. The molecule has 0 aromatic carbocycles. The summed E-state index contributed by atoms with van der Waals surface area (Å²) in [6.45, 7) is 4.73. The maximum absolute atomic E-state index is 11.9. The Kier molecular flexibility index (Phi) is 6.49. The van der Waals surface area contributed by atoms with Crippen LogP contribution >= 0.6 is 0 Å². The highest BCUT2D eigenvalue weighted by Crippen LogP contribution is 2.31. The number of nitrogens with zero attached hydrogens (tertiary/aromatic N) is 4. The van der Waals surface area contributed by atoms with Gasteiger partial charge in [-0.1, -0.05) is 6.92 Å². The van der Waals surface area contributed by atoms with Crippen LogP contribution in [-0.4, -0.2) is 77.8 Å². The fourth-order valence-electron chi connectivity index (χ4n) is 3.49. The molecule has 2 atom stereocenters. The first-order valence-electron chi connectivity index (χ1n) is 9.85. The molecule has 1 saturated heterocycles. The van der Waals surface area contributed by atoms with Gasteiger partial charge in [-0.25, -0.2) is 0 Å². The van der Waals surface area contributed by atoms with Crippen molar-refractivity contribution in [3.8, 4) is 0 Å². The predicted molar refractivity (Wildman–Crippen MR) is 102 cm³/mol. The van der Waals surface area contributed by atoms with Gasteiger partial charge in [0.1, 0.15) is 6.61 Å². The second-order valence-corrected chi connectivity index (χ2v) is 7.81. The van der Waals surface area contributed by atoms with Crippen molar-refractivity contribution < 1.29 is 14.3 Å². The average Bonchev–Trinajstić information content (AvgIpc) is 3.27. The first-order valence-corrected chi connectivity index (χ1v) is 9.85. The first kappa shape index (κ1) is 19.8. The molecule has 2 amide bonds. The summed E-state index contributed by atoms with van der Waals surface area (Å²) in [6.07, 6.45) is 7.63. The van der Waals surface area contributed by atoms with E-state index >= 15 is 0 Å². The van der Waals surface area contributed by atoms with E-state index in [-0.39, 0.29) is 36.4 Å². The molecule has 1 aliphatic heterocycles.